The van der Waals surface area contributed by atoms with Crippen molar-refractivity contribution < 1.29 is 25.2 Å². The Bertz CT molecular complexity index is 1210. The molecule has 6 nitrogen and oxygen atoms in total. The second-order valence-corrected chi connectivity index (χ2v) is 11.7. The van der Waals surface area contributed by atoms with Crippen LogP contribution in [-0.2, 0) is 23.7 Å². The molecule has 0 saturated carbocycles. The summed E-state index contributed by atoms with van der Waals surface area (Å²) in [6.07, 6.45) is 0. The minimum atomic E-state index is -5.07. The highest BCUT2D eigenvalue weighted by atomic mass is 33.2. The number of hydrogen-bond donors (Lipinski definition) is 0. The van der Waals surface area contributed by atoms with E-state index < -0.39 is 18.3 Å². The van der Waals surface area contributed by atoms with Gasteiger partial charge in [-0.15, -0.1) is 0 Å². The lowest BCUT2D eigenvalue weighted by atomic mass is 9.87. The molecule has 0 aromatic heterocycles. The SMILES string of the molecule is CC(C)(C)c1ccc(OS(=O)(=O)S(=O)(=O)Oc2ccc3ccccc3c2)cc1. The summed E-state index contributed by atoms with van der Waals surface area (Å²) in [5, 5.41) is 1.58. The third-order valence-corrected chi connectivity index (χ3v) is 7.29. The highest BCUT2D eigenvalue weighted by molar-refractivity contribution is 8.63. The Labute approximate surface area is 164 Å². The lowest BCUT2D eigenvalue weighted by Crippen LogP contribution is -2.25. The van der Waals surface area contributed by atoms with Crippen LogP contribution in [0.1, 0.15) is 26.3 Å². The van der Waals surface area contributed by atoms with Crippen LogP contribution in [0.25, 0.3) is 10.8 Å². The van der Waals surface area contributed by atoms with E-state index in [-0.39, 0.29) is 16.9 Å². The molecule has 0 heterocycles. The minimum absolute atomic E-state index is 0.112. The summed E-state index contributed by atoms with van der Waals surface area (Å²) in [6.45, 7) is 6.00. The van der Waals surface area contributed by atoms with E-state index >= 15 is 0 Å². The molecule has 3 aromatic rings. The molecule has 3 rings (SSSR count). The molecule has 8 heteroatoms. The van der Waals surface area contributed by atoms with Crippen LogP contribution in [0, 0.1) is 0 Å². The van der Waals surface area contributed by atoms with Gasteiger partial charge in [0.15, 0.2) is 0 Å². The molecule has 148 valence electrons. The molecule has 0 fully saturated rings. The molecule has 0 aliphatic carbocycles. The van der Waals surface area contributed by atoms with Crippen LogP contribution in [0.4, 0.5) is 0 Å². The van der Waals surface area contributed by atoms with Crippen LogP contribution >= 0.6 is 0 Å². The Kier molecular flexibility index (Phi) is 5.12. The first-order valence-electron chi connectivity index (χ1n) is 8.46. The number of hydrogen-bond acceptors (Lipinski definition) is 6. The van der Waals surface area contributed by atoms with Gasteiger partial charge in [-0.25, -0.2) is 0 Å². The van der Waals surface area contributed by atoms with Crippen molar-refractivity contribution in [1.82, 2.24) is 0 Å². The van der Waals surface area contributed by atoms with Gasteiger partial charge in [0.25, 0.3) is 0 Å². The van der Waals surface area contributed by atoms with Gasteiger partial charge in [0.05, 0.1) is 0 Å². The summed E-state index contributed by atoms with van der Waals surface area (Å²) in [7, 11) is -10.1. The molecular formula is C20H20O6S2. The van der Waals surface area contributed by atoms with E-state index in [9.17, 15) is 16.8 Å². The average Bonchev–Trinajstić information content (AvgIpc) is 2.60. The summed E-state index contributed by atoms with van der Waals surface area (Å²) in [5.41, 5.74) is 0.815. The van der Waals surface area contributed by atoms with Crippen LogP contribution in [0.5, 0.6) is 11.5 Å². The molecule has 0 radical (unpaired) electrons. The van der Waals surface area contributed by atoms with Gasteiger partial charge in [-0.05, 0) is 46.0 Å². The Balaban J connectivity index is 1.83. The van der Waals surface area contributed by atoms with Gasteiger partial charge in [-0.2, -0.15) is 16.8 Å². The van der Waals surface area contributed by atoms with E-state index in [0.717, 1.165) is 10.9 Å². The van der Waals surface area contributed by atoms with Crippen LogP contribution in [0.15, 0.2) is 66.7 Å². The molecule has 0 atom stereocenters. The fourth-order valence-electron chi connectivity index (χ4n) is 2.55. The van der Waals surface area contributed by atoms with Gasteiger partial charge in [0.1, 0.15) is 11.5 Å². The molecule has 0 unspecified atom stereocenters. The zero-order valence-electron chi connectivity index (χ0n) is 15.6. The van der Waals surface area contributed by atoms with Crippen molar-refractivity contribution in [2.45, 2.75) is 26.2 Å². The van der Waals surface area contributed by atoms with Crippen molar-refractivity contribution in [2.24, 2.45) is 0 Å². The predicted octanol–water partition coefficient (Wildman–Crippen LogP) is 4.17. The lowest BCUT2D eigenvalue weighted by molar-refractivity contribution is 0.465. The topological polar surface area (TPSA) is 86.7 Å². The molecular weight excluding hydrogens is 400 g/mol. The van der Waals surface area contributed by atoms with Crippen LogP contribution in [0.3, 0.4) is 0 Å². The highest BCUT2D eigenvalue weighted by Crippen LogP contribution is 2.27. The summed E-state index contributed by atoms with van der Waals surface area (Å²) in [5.74, 6) is -0.229. The normalized spacial score (nSPS) is 12.7. The minimum Gasteiger partial charge on any atom is -0.369 e. The van der Waals surface area contributed by atoms with E-state index in [1.165, 1.54) is 24.3 Å². The predicted molar refractivity (Wildman–Crippen MR) is 108 cm³/mol. The molecule has 0 aliphatic rings. The molecule has 0 spiro atoms. The summed E-state index contributed by atoms with van der Waals surface area (Å²) >= 11 is 0. The van der Waals surface area contributed by atoms with Crippen molar-refractivity contribution in [3.8, 4) is 11.5 Å². The summed E-state index contributed by atoms with van der Waals surface area (Å²) < 4.78 is 58.5. The van der Waals surface area contributed by atoms with Gasteiger partial charge in [0, 0.05) is 0 Å². The zero-order valence-corrected chi connectivity index (χ0v) is 17.2. The largest absolute Gasteiger partial charge is 0.454 e. The van der Waals surface area contributed by atoms with Crippen molar-refractivity contribution in [2.75, 3.05) is 0 Å². The highest BCUT2D eigenvalue weighted by Gasteiger charge is 2.35. The van der Waals surface area contributed by atoms with E-state index in [1.54, 1.807) is 30.3 Å². The Hall–Kier alpha value is -2.58. The maximum Gasteiger partial charge on any atom is 0.454 e. The van der Waals surface area contributed by atoms with Crippen molar-refractivity contribution in [3.63, 3.8) is 0 Å². The van der Waals surface area contributed by atoms with E-state index in [1.807, 2.05) is 32.9 Å². The molecule has 0 saturated heterocycles. The quantitative estimate of drug-likeness (QED) is 0.576. The standard InChI is InChI=1S/C20H20O6S2/c1-20(2,3)17-9-12-18(13-10-17)25-27(21,22)28(23,24)26-19-11-8-15-6-4-5-7-16(15)14-19/h4-14H,1-3H3. The molecule has 28 heavy (non-hydrogen) atoms. The van der Waals surface area contributed by atoms with Crippen LogP contribution in [0.2, 0.25) is 0 Å². The first-order valence-corrected chi connectivity index (χ1v) is 11.8. The fraction of sp³-hybridized carbons (Fsp3) is 0.200. The molecule has 0 aliphatic heterocycles. The van der Waals surface area contributed by atoms with Crippen molar-refractivity contribution >= 4 is 29.1 Å². The Morgan fingerprint density at radius 3 is 1.71 bits per heavy atom. The molecule has 3 aromatic carbocycles. The van der Waals surface area contributed by atoms with Crippen LogP contribution in [-0.4, -0.2) is 16.8 Å². The van der Waals surface area contributed by atoms with E-state index in [0.29, 0.717) is 5.39 Å². The van der Waals surface area contributed by atoms with Crippen molar-refractivity contribution in [3.05, 3.63) is 72.3 Å². The Morgan fingerprint density at radius 2 is 1.14 bits per heavy atom. The summed E-state index contributed by atoms with van der Waals surface area (Å²) in [6, 6.07) is 17.9. The second-order valence-electron chi connectivity index (χ2n) is 7.27. The van der Waals surface area contributed by atoms with Gasteiger partial charge < -0.3 is 8.37 Å². The fourth-order valence-corrected chi connectivity index (χ4v) is 4.37. The van der Waals surface area contributed by atoms with Gasteiger partial charge in [-0.1, -0.05) is 63.2 Å². The molecule has 0 bridgehead atoms. The van der Waals surface area contributed by atoms with Crippen LogP contribution < -0.4 is 8.37 Å². The molecule has 0 N–H and O–H groups in total. The third-order valence-electron chi connectivity index (χ3n) is 4.09. The van der Waals surface area contributed by atoms with Crippen molar-refractivity contribution in [1.29, 1.82) is 0 Å². The second kappa shape index (κ2) is 7.10. The summed E-state index contributed by atoms with van der Waals surface area (Å²) in [4.78, 5) is 0. The van der Waals surface area contributed by atoms with Gasteiger partial charge in [0.2, 0.25) is 0 Å². The zero-order chi connectivity index (χ0) is 20.6. The van der Waals surface area contributed by atoms with Gasteiger partial charge >= 0.3 is 18.3 Å². The smallest absolute Gasteiger partial charge is 0.369 e. The first kappa shape index (κ1) is 20.2. The maximum atomic E-state index is 12.3. The average molecular weight is 421 g/mol. The van der Waals surface area contributed by atoms with Gasteiger partial charge in [-0.3, -0.25) is 0 Å². The number of benzene rings is 3. The Morgan fingerprint density at radius 1 is 0.643 bits per heavy atom. The first-order chi connectivity index (χ1) is 13.0. The number of rotatable bonds is 5. The van der Waals surface area contributed by atoms with E-state index in [4.69, 9.17) is 8.37 Å². The number of fused-ring (bicyclic) bond motifs is 1. The third kappa shape index (κ3) is 4.28. The maximum absolute atomic E-state index is 12.3. The monoisotopic (exact) mass is 420 g/mol. The lowest BCUT2D eigenvalue weighted by Gasteiger charge is -2.19. The molecule has 0 amide bonds. The van der Waals surface area contributed by atoms with E-state index in [2.05, 4.69) is 0 Å².